The Hall–Kier alpha value is -2.59. The Bertz CT molecular complexity index is 1200. The number of hydrogen-bond donors (Lipinski definition) is 2. The van der Waals surface area contributed by atoms with Gasteiger partial charge in [0.05, 0.1) is 0 Å². The maximum absolute atomic E-state index is 15.2. The number of aryl methyl sites for hydroxylation is 1. The third-order valence-electron chi connectivity index (χ3n) is 6.28. The number of carbonyl (C=O) groups is 1. The first-order valence-electron chi connectivity index (χ1n) is 14.1. The molecular weight excluding hydrogens is 576 g/mol. The maximum atomic E-state index is 15.2. The molecule has 10 heteroatoms. The van der Waals surface area contributed by atoms with E-state index >= 15 is 13.2 Å². The van der Waals surface area contributed by atoms with E-state index in [9.17, 15) is 23.1 Å². The number of hydrogen-bond acceptors (Lipinski definition) is 3. The van der Waals surface area contributed by atoms with E-state index in [1.54, 1.807) is 0 Å². The minimum Gasteiger partial charge on any atom is -0.508 e. The zero-order chi connectivity index (χ0) is 33.0. The number of alkyl halides is 5. The minimum atomic E-state index is -4.92. The van der Waals surface area contributed by atoms with Crippen LogP contribution in [0.3, 0.4) is 0 Å². The predicted molar refractivity (Wildman–Crippen MR) is 166 cm³/mol. The van der Waals surface area contributed by atoms with E-state index in [0.717, 1.165) is 25.1 Å². The third kappa shape index (κ3) is 10.6. The lowest BCUT2D eigenvalue weighted by Crippen LogP contribution is -2.42. The molecule has 0 spiro atoms. The van der Waals surface area contributed by atoms with Crippen LogP contribution in [0.15, 0.2) is 36.4 Å². The Balaban J connectivity index is 0.00000263. The van der Waals surface area contributed by atoms with Crippen molar-refractivity contribution in [3.63, 3.8) is 0 Å². The number of Topliss-reactive ketones (excluding diaryl/α,β-unsaturated/α-hetero) is 1. The van der Waals surface area contributed by atoms with Gasteiger partial charge < -0.3 is 5.11 Å². The summed E-state index contributed by atoms with van der Waals surface area (Å²) in [5.74, 6) is 0.102. The monoisotopic (exact) mass is 621 g/mol. The summed E-state index contributed by atoms with van der Waals surface area (Å²) in [7, 11) is -0.265. The van der Waals surface area contributed by atoms with Crippen molar-refractivity contribution in [1.29, 1.82) is 0 Å². The van der Waals surface area contributed by atoms with Crippen LogP contribution in [0.2, 0.25) is 0 Å². The topological polar surface area (TPSA) is 49.3 Å². The van der Waals surface area contributed by atoms with Crippen LogP contribution in [0.25, 0.3) is 5.83 Å². The van der Waals surface area contributed by atoms with Crippen molar-refractivity contribution in [2.24, 2.45) is 0 Å². The molecule has 3 rings (SSSR count). The van der Waals surface area contributed by atoms with Gasteiger partial charge in [-0.05, 0) is 67.8 Å². The molecule has 0 bridgehead atoms. The summed E-state index contributed by atoms with van der Waals surface area (Å²) < 4.78 is 87.2. The second-order valence-corrected chi connectivity index (χ2v) is 11.0. The molecule has 1 saturated heterocycles. The number of benzene rings is 2. The largest absolute Gasteiger partial charge is 0.508 e. The summed E-state index contributed by atoms with van der Waals surface area (Å²) in [6.45, 7) is 16.1. The second kappa shape index (κ2) is 17.5. The molecule has 0 aliphatic carbocycles. The number of phenols is 1. The summed E-state index contributed by atoms with van der Waals surface area (Å²) in [6.07, 6.45) is -4.18. The molecular formula is C32H45F6NO2S. The Morgan fingerprint density at radius 2 is 1.62 bits per heavy atom. The van der Waals surface area contributed by atoms with Crippen LogP contribution in [0.1, 0.15) is 99.0 Å². The highest BCUT2D eigenvalue weighted by Crippen LogP contribution is 2.41. The van der Waals surface area contributed by atoms with Crippen molar-refractivity contribution in [2.75, 3.05) is 11.5 Å². The Morgan fingerprint density at radius 1 is 1.05 bits per heavy atom. The lowest BCUT2D eigenvalue weighted by Gasteiger charge is -2.25. The number of ketones is 1. The van der Waals surface area contributed by atoms with Gasteiger partial charge in [0.15, 0.2) is 5.78 Å². The third-order valence-corrected chi connectivity index (χ3v) is 7.96. The molecule has 1 aliphatic rings. The van der Waals surface area contributed by atoms with Crippen molar-refractivity contribution >= 4 is 28.0 Å². The normalized spacial score (nSPS) is 17.5. The highest BCUT2D eigenvalue weighted by molar-refractivity contribution is 8.14. The Morgan fingerprint density at radius 3 is 2.07 bits per heavy atom. The van der Waals surface area contributed by atoms with Gasteiger partial charge in [-0.1, -0.05) is 65.6 Å². The SMILES string of the molecule is C=S1CCC(NC(F)(F)c2cc(/C(F)=C/C(c3cc(C)c(C)c(O)c3)C(F)(F)F)ccc2C(C)=O)C1.CC.CC.CC. The van der Waals surface area contributed by atoms with Crippen molar-refractivity contribution < 1.29 is 36.2 Å². The second-order valence-electron chi connectivity index (χ2n) is 9.02. The molecule has 0 aromatic heterocycles. The van der Waals surface area contributed by atoms with Crippen LogP contribution in [0.5, 0.6) is 5.75 Å². The number of nitrogens with one attached hydrogen (secondary N) is 1. The van der Waals surface area contributed by atoms with Gasteiger partial charge in [0.25, 0.3) is 0 Å². The molecule has 0 radical (unpaired) electrons. The van der Waals surface area contributed by atoms with Crippen LogP contribution >= 0.6 is 10.5 Å². The van der Waals surface area contributed by atoms with Crippen molar-refractivity contribution in [2.45, 2.75) is 92.9 Å². The molecule has 3 atom stereocenters. The van der Waals surface area contributed by atoms with Gasteiger partial charge in [-0.25, -0.2) is 4.39 Å². The molecule has 2 aromatic carbocycles. The number of rotatable bonds is 7. The van der Waals surface area contributed by atoms with Crippen molar-refractivity contribution in [3.8, 4) is 5.75 Å². The molecule has 2 aromatic rings. The van der Waals surface area contributed by atoms with Crippen LogP contribution < -0.4 is 5.32 Å². The molecule has 3 unspecified atom stereocenters. The summed E-state index contributed by atoms with van der Waals surface area (Å²) in [4.78, 5) is 12.0. The van der Waals surface area contributed by atoms with Gasteiger partial charge in [-0.15, -0.1) is 0 Å². The summed E-state index contributed by atoms with van der Waals surface area (Å²) in [6, 6.07) is 0.510. The summed E-state index contributed by atoms with van der Waals surface area (Å²) in [5.41, 5.74) is -1.32. The Labute approximate surface area is 249 Å². The van der Waals surface area contributed by atoms with Crippen molar-refractivity contribution in [1.82, 2.24) is 5.32 Å². The average Bonchev–Trinajstić information content (AvgIpc) is 3.35. The van der Waals surface area contributed by atoms with E-state index in [4.69, 9.17) is 0 Å². The van der Waals surface area contributed by atoms with Gasteiger partial charge in [-0.2, -0.15) is 32.4 Å². The average molecular weight is 622 g/mol. The summed E-state index contributed by atoms with van der Waals surface area (Å²) >= 11 is 0. The van der Waals surface area contributed by atoms with Gasteiger partial charge >= 0.3 is 12.2 Å². The lowest BCUT2D eigenvalue weighted by molar-refractivity contribution is -0.139. The molecule has 1 heterocycles. The van der Waals surface area contributed by atoms with E-state index in [0.29, 0.717) is 35.1 Å². The van der Waals surface area contributed by atoms with E-state index in [1.807, 2.05) is 41.5 Å². The number of allylic oxidation sites excluding steroid dienone is 1. The predicted octanol–water partition coefficient (Wildman–Crippen LogP) is 10.1. The highest BCUT2D eigenvalue weighted by atomic mass is 32.2. The zero-order valence-corrected chi connectivity index (χ0v) is 26.8. The highest BCUT2D eigenvalue weighted by Gasteiger charge is 2.41. The molecule has 42 heavy (non-hydrogen) atoms. The molecule has 2 N–H and O–H groups in total. The molecule has 0 saturated carbocycles. The van der Waals surface area contributed by atoms with E-state index in [1.165, 1.54) is 19.9 Å². The van der Waals surface area contributed by atoms with Crippen LogP contribution in [0, 0.1) is 13.8 Å². The molecule has 1 aliphatic heterocycles. The smallest absolute Gasteiger partial charge is 0.399 e. The fourth-order valence-corrected chi connectivity index (χ4v) is 5.74. The van der Waals surface area contributed by atoms with Crippen molar-refractivity contribution in [3.05, 3.63) is 69.8 Å². The first kappa shape index (κ1) is 39.4. The van der Waals surface area contributed by atoms with E-state index < -0.39 is 52.5 Å². The van der Waals surface area contributed by atoms with Gasteiger partial charge in [-0.3, -0.25) is 10.1 Å². The minimum absolute atomic E-state index is 0.265. The number of phenolic OH excluding ortho intramolecular Hbond substituents is 1. The van der Waals surface area contributed by atoms with Gasteiger partial charge in [0, 0.05) is 28.5 Å². The van der Waals surface area contributed by atoms with Crippen LogP contribution in [-0.4, -0.2) is 40.5 Å². The first-order chi connectivity index (χ1) is 19.6. The molecule has 3 nitrogen and oxygen atoms in total. The van der Waals surface area contributed by atoms with Gasteiger partial charge in [0.1, 0.15) is 17.5 Å². The van der Waals surface area contributed by atoms with Gasteiger partial charge in [0.2, 0.25) is 0 Å². The number of carbonyl (C=O) groups excluding carboxylic acids is 1. The molecule has 238 valence electrons. The van der Waals surface area contributed by atoms with Crippen LogP contribution in [-0.2, 0) is 6.05 Å². The lowest BCUT2D eigenvalue weighted by atomic mass is 9.92. The summed E-state index contributed by atoms with van der Waals surface area (Å²) in [5, 5.41) is 12.2. The first-order valence-corrected chi connectivity index (χ1v) is 15.9. The standard InChI is InChI=1S/C26H27F6NO2S.3C2H6/c1-14-9-18(11-24(35)15(14)2)21(25(28,29)30)12-23(27)17-5-6-20(16(3)34)22(10-17)26(31,32)33-19-7-8-36(4)13-19;3*1-2/h5-6,9-12,19,21,33,35H,4,7-8,13H2,1-3H3;3*1-2H3/b23-12-;;;. The van der Waals surface area contributed by atoms with E-state index in [-0.39, 0.29) is 27.9 Å². The fourth-order valence-electron chi connectivity index (χ4n) is 4.14. The Kier molecular flexibility index (Phi) is 16.4. The fraction of sp³-hybridized carbons (Fsp3) is 0.500. The number of halogens is 6. The number of aromatic hydroxyl groups is 1. The molecule has 1 fully saturated rings. The quantitative estimate of drug-likeness (QED) is 0.140. The maximum Gasteiger partial charge on any atom is 0.399 e. The zero-order valence-electron chi connectivity index (χ0n) is 26.0. The van der Waals surface area contributed by atoms with E-state index in [2.05, 4.69) is 11.2 Å². The molecule has 0 amide bonds. The van der Waals surface area contributed by atoms with Crippen LogP contribution in [0.4, 0.5) is 26.3 Å².